The fourth-order valence-electron chi connectivity index (χ4n) is 5.59. The maximum atomic E-state index is 13.8. The van der Waals surface area contributed by atoms with Crippen molar-refractivity contribution < 1.29 is 27.6 Å². The number of nitrogens with zero attached hydrogens (tertiary/aromatic N) is 3. The topological polar surface area (TPSA) is 70.0 Å². The van der Waals surface area contributed by atoms with E-state index in [1.807, 2.05) is 0 Å². The van der Waals surface area contributed by atoms with Gasteiger partial charge in [-0.25, -0.2) is 4.90 Å². The third-order valence-corrected chi connectivity index (χ3v) is 7.07. The summed E-state index contributed by atoms with van der Waals surface area (Å²) in [7, 11) is 0. The highest BCUT2D eigenvalue weighted by Crippen LogP contribution is 2.54. The second-order valence-electron chi connectivity index (χ2n) is 8.95. The van der Waals surface area contributed by atoms with Crippen LogP contribution in [0, 0.1) is 11.8 Å². The fraction of sp³-hybridized carbons (Fsp3) is 0.185. The van der Waals surface area contributed by atoms with Gasteiger partial charge in [0.25, 0.3) is 0 Å². The third kappa shape index (κ3) is 3.12. The predicted molar refractivity (Wildman–Crippen MR) is 124 cm³/mol. The van der Waals surface area contributed by atoms with E-state index in [0.29, 0.717) is 16.0 Å². The smallest absolute Gasteiger partial charge is 0.292 e. The minimum absolute atomic E-state index is 0.324. The van der Waals surface area contributed by atoms with Gasteiger partial charge >= 0.3 is 6.18 Å². The number of Topliss-reactive ketones (excluding diaryl/α,β-unsaturated/α-hetero) is 1. The molecule has 6 nitrogen and oxygen atoms in total. The first kappa shape index (κ1) is 22.2. The molecule has 4 atom stereocenters. The number of hydrogen-bond donors (Lipinski definition) is 0. The van der Waals surface area contributed by atoms with Crippen molar-refractivity contribution in [1.82, 2.24) is 5.01 Å². The molecule has 3 aliphatic heterocycles. The second kappa shape index (κ2) is 7.87. The Kier molecular flexibility index (Phi) is 4.86. The SMILES string of the molecule is O=C(c1ccccc1)[C@@H]1[C@H]2C(=O)N(c3ccccc3C(F)(F)F)C(=O)[C@@H]2[C@H]2c3ccccc3C=NN12. The summed E-state index contributed by atoms with van der Waals surface area (Å²) in [6.07, 6.45) is -3.20. The number of para-hydroxylation sites is 1. The van der Waals surface area contributed by atoms with Crippen LogP contribution in [-0.2, 0) is 15.8 Å². The van der Waals surface area contributed by atoms with Crippen LogP contribution in [0.5, 0.6) is 0 Å². The first-order valence-corrected chi connectivity index (χ1v) is 11.3. The highest BCUT2D eigenvalue weighted by Gasteiger charge is 2.65. The molecule has 0 saturated carbocycles. The molecular formula is C27H18F3N3O3. The zero-order valence-electron chi connectivity index (χ0n) is 18.6. The number of ketones is 1. The molecule has 6 rings (SSSR count). The summed E-state index contributed by atoms with van der Waals surface area (Å²) in [6, 6.07) is 18.0. The highest BCUT2D eigenvalue weighted by molar-refractivity contribution is 6.25. The average Bonchev–Trinajstić information content (AvgIpc) is 3.36. The molecule has 0 unspecified atom stereocenters. The molecule has 0 spiro atoms. The van der Waals surface area contributed by atoms with Crippen LogP contribution in [0.4, 0.5) is 18.9 Å². The summed E-state index contributed by atoms with van der Waals surface area (Å²) in [5.41, 5.74) is 0.124. The van der Waals surface area contributed by atoms with Gasteiger partial charge in [-0.1, -0.05) is 66.7 Å². The van der Waals surface area contributed by atoms with Crippen molar-refractivity contribution in [3.8, 4) is 0 Å². The minimum Gasteiger partial charge on any atom is -0.292 e. The van der Waals surface area contributed by atoms with Gasteiger partial charge in [-0.2, -0.15) is 18.3 Å². The van der Waals surface area contributed by atoms with Gasteiger partial charge in [-0.15, -0.1) is 0 Å². The van der Waals surface area contributed by atoms with Crippen LogP contribution in [0.15, 0.2) is 84.0 Å². The summed E-state index contributed by atoms with van der Waals surface area (Å²) in [5.74, 6) is -4.29. The number of benzene rings is 3. The Labute approximate surface area is 203 Å². The molecule has 2 amide bonds. The van der Waals surface area contributed by atoms with Crippen molar-refractivity contribution in [1.29, 1.82) is 0 Å². The summed E-state index contributed by atoms with van der Waals surface area (Å²) >= 11 is 0. The van der Waals surface area contributed by atoms with Crippen molar-refractivity contribution in [3.63, 3.8) is 0 Å². The van der Waals surface area contributed by atoms with E-state index in [4.69, 9.17) is 0 Å². The van der Waals surface area contributed by atoms with Gasteiger partial charge in [-0.3, -0.25) is 19.4 Å². The Morgan fingerprint density at radius 1 is 0.806 bits per heavy atom. The van der Waals surface area contributed by atoms with E-state index in [2.05, 4.69) is 5.10 Å². The van der Waals surface area contributed by atoms with Gasteiger partial charge in [0.1, 0.15) is 6.04 Å². The van der Waals surface area contributed by atoms with Crippen molar-refractivity contribution in [2.45, 2.75) is 18.3 Å². The molecule has 180 valence electrons. The molecule has 0 radical (unpaired) electrons. The number of anilines is 1. The van der Waals surface area contributed by atoms with Crippen molar-refractivity contribution >= 4 is 29.5 Å². The molecular weight excluding hydrogens is 471 g/mol. The lowest BCUT2D eigenvalue weighted by Gasteiger charge is -2.34. The van der Waals surface area contributed by atoms with Crippen molar-refractivity contribution in [2.75, 3.05) is 4.90 Å². The summed E-state index contributed by atoms with van der Waals surface area (Å²) < 4.78 is 41.4. The Bertz CT molecular complexity index is 1440. The van der Waals surface area contributed by atoms with Gasteiger partial charge in [-0.05, 0) is 23.3 Å². The molecule has 2 fully saturated rings. The van der Waals surface area contributed by atoms with Crippen LogP contribution in [-0.4, -0.2) is 34.9 Å². The van der Waals surface area contributed by atoms with E-state index in [1.54, 1.807) is 60.8 Å². The Hall–Kier alpha value is -4.27. The number of carbonyl (C=O) groups excluding carboxylic acids is 3. The number of alkyl halides is 3. The van der Waals surface area contributed by atoms with Gasteiger partial charge in [0.15, 0.2) is 5.78 Å². The molecule has 36 heavy (non-hydrogen) atoms. The number of fused-ring (bicyclic) bond motifs is 5. The Morgan fingerprint density at radius 3 is 2.19 bits per heavy atom. The van der Waals surface area contributed by atoms with Crippen LogP contribution in [0.3, 0.4) is 0 Å². The molecule has 3 aromatic rings. The van der Waals surface area contributed by atoms with Crippen molar-refractivity contribution in [2.24, 2.45) is 16.9 Å². The van der Waals surface area contributed by atoms with Crippen LogP contribution in [0.2, 0.25) is 0 Å². The van der Waals surface area contributed by atoms with E-state index in [0.717, 1.165) is 17.7 Å². The van der Waals surface area contributed by atoms with E-state index in [-0.39, 0.29) is 0 Å². The fourth-order valence-corrected chi connectivity index (χ4v) is 5.59. The zero-order chi connectivity index (χ0) is 25.2. The Balaban J connectivity index is 1.52. The minimum atomic E-state index is -4.78. The average molecular weight is 489 g/mol. The van der Waals surface area contributed by atoms with E-state index in [9.17, 15) is 27.6 Å². The standard InChI is InChI=1S/C27H18F3N3O3/c28-27(29,30)18-12-6-7-13-19(18)32-25(35)20-21(26(32)36)23(24(34)15-8-2-1-3-9-15)33-22(20)17-11-5-4-10-16(17)14-31-33/h1-14,20-23H/t20-,21-,22+,23-/m0/s1. The second-order valence-corrected chi connectivity index (χ2v) is 8.95. The lowest BCUT2D eigenvalue weighted by Crippen LogP contribution is -2.45. The molecule has 3 aliphatic rings. The monoisotopic (exact) mass is 489 g/mol. The van der Waals surface area contributed by atoms with Gasteiger partial charge in [0.2, 0.25) is 11.8 Å². The summed E-state index contributed by atoms with van der Waals surface area (Å²) in [4.78, 5) is 41.9. The Morgan fingerprint density at radius 2 is 1.44 bits per heavy atom. The largest absolute Gasteiger partial charge is 0.418 e. The van der Waals surface area contributed by atoms with E-state index < -0.39 is 58.9 Å². The lowest BCUT2D eigenvalue weighted by molar-refractivity contribution is -0.137. The van der Waals surface area contributed by atoms with E-state index in [1.165, 1.54) is 17.1 Å². The normalized spacial score (nSPS) is 24.5. The molecule has 0 bridgehead atoms. The maximum Gasteiger partial charge on any atom is 0.418 e. The quantitative estimate of drug-likeness (QED) is 0.402. The first-order valence-electron chi connectivity index (χ1n) is 11.3. The van der Waals surface area contributed by atoms with Crippen LogP contribution in [0.25, 0.3) is 0 Å². The van der Waals surface area contributed by atoms with Gasteiger partial charge in [0, 0.05) is 5.56 Å². The maximum absolute atomic E-state index is 13.8. The molecule has 3 heterocycles. The van der Waals surface area contributed by atoms with Gasteiger partial charge < -0.3 is 0 Å². The number of rotatable bonds is 3. The molecule has 0 aromatic heterocycles. The number of carbonyl (C=O) groups is 3. The van der Waals surface area contributed by atoms with Crippen LogP contribution < -0.4 is 4.90 Å². The van der Waals surface area contributed by atoms with Crippen molar-refractivity contribution in [3.05, 3.63) is 101 Å². The third-order valence-electron chi connectivity index (χ3n) is 7.07. The predicted octanol–water partition coefficient (Wildman–Crippen LogP) is 4.47. The molecule has 0 N–H and O–H groups in total. The number of hydrogen-bond acceptors (Lipinski definition) is 5. The molecule has 0 aliphatic carbocycles. The summed E-state index contributed by atoms with van der Waals surface area (Å²) in [5, 5.41) is 5.93. The lowest BCUT2D eigenvalue weighted by atomic mass is 9.83. The summed E-state index contributed by atoms with van der Waals surface area (Å²) in [6.45, 7) is 0. The van der Waals surface area contributed by atoms with Crippen LogP contribution in [0.1, 0.15) is 33.1 Å². The molecule has 3 aromatic carbocycles. The first-order chi connectivity index (χ1) is 17.3. The van der Waals surface area contributed by atoms with E-state index >= 15 is 0 Å². The highest BCUT2D eigenvalue weighted by atomic mass is 19.4. The number of imide groups is 1. The molecule has 9 heteroatoms. The van der Waals surface area contributed by atoms with Gasteiger partial charge in [0.05, 0.1) is 35.3 Å². The number of halogens is 3. The number of hydrazone groups is 1. The zero-order valence-corrected chi connectivity index (χ0v) is 18.6. The van der Waals surface area contributed by atoms with Crippen LogP contribution >= 0.6 is 0 Å². The molecule has 2 saturated heterocycles. The number of amides is 2.